The van der Waals surface area contributed by atoms with Gasteiger partial charge in [-0.3, -0.25) is 9.59 Å². The number of nitrogens with zero attached hydrogens (tertiary/aromatic N) is 4. The predicted octanol–water partition coefficient (Wildman–Crippen LogP) is 6.44. The first kappa shape index (κ1) is 27.4. The molecule has 1 aliphatic heterocycles. The molecule has 1 N–H and O–H groups in total. The van der Waals surface area contributed by atoms with Crippen molar-refractivity contribution in [2.24, 2.45) is 7.05 Å². The monoisotopic (exact) mass is 547 g/mol. The van der Waals surface area contributed by atoms with E-state index in [1.54, 1.807) is 29.8 Å². The normalized spacial score (nSPS) is 13.9. The van der Waals surface area contributed by atoms with Gasteiger partial charge in [0, 0.05) is 44.6 Å². The number of benzene rings is 2. The van der Waals surface area contributed by atoms with E-state index in [1.807, 2.05) is 4.90 Å². The Kier molecular flexibility index (Phi) is 7.91. The number of likely N-dealkylation sites (tertiary alicyclic amines) is 1. The summed E-state index contributed by atoms with van der Waals surface area (Å²) >= 11 is 1.17. The van der Waals surface area contributed by atoms with E-state index in [1.165, 1.54) is 29.5 Å². The van der Waals surface area contributed by atoms with Crippen LogP contribution in [0, 0.1) is 0 Å². The Morgan fingerprint density at radius 1 is 1.03 bits per heavy atom. The molecule has 2 aromatic heterocycles. The second-order valence-electron chi connectivity index (χ2n) is 8.88. The predicted molar refractivity (Wildman–Crippen MR) is 141 cm³/mol. The second-order valence-corrected chi connectivity index (χ2v) is 9.91. The van der Waals surface area contributed by atoms with Crippen molar-refractivity contribution in [3.63, 3.8) is 0 Å². The number of amides is 1. The number of anilines is 2. The summed E-state index contributed by atoms with van der Waals surface area (Å²) in [6.45, 7) is 1.53. The highest BCUT2D eigenvalue weighted by Gasteiger charge is 2.31. The largest absolute Gasteiger partial charge is 0.573 e. The molecule has 0 radical (unpaired) electrons. The smallest absolute Gasteiger partial charge is 0.406 e. The summed E-state index contributed by atoms with van der Waals surface area (Å²) in [6.07, 6.45) is -1.27. The zero-order valence-corrected chi connectivity index (χ0v) is 20.8. The van der Waals surface area contributed by atoms with Crippen molar-refractivity contribution < 1.29 is 27.5 Å². The highest BCUT2D eigenvalue weighted by atomic mass is 32.1. The third kappa shape index (κ3) is 6.07. The van der Waals surface area contributed by atoms with E-state index in [9.17, 15) is 22.8 Å². The van der Waals surface area contributed by atoms with Crippen LogP contribution in [-0.4, -0.2) is 50.6 Å². The third-order valence-electron chi connectivity index (χ3n) is 6.29. The number of imidazole rings is 1. The highest BCUT2D eigenvalue weighted by molar-refractivity contribution is 7.22. The zero-order chi connectivity index (χ0) is 26.2. The van der Waals surface area contributed by atoms with Crippen molar-refractivity contribution in [1.29, 1.82) is 0 Å². The number of rotatable bonds is 7. The van der Waals surface area contributed by atoms with E-state index < -0.39 is 6.36 Å². The summed E-state index contributed by atoms with van der Waals surface area (Å²) < 4.78 is 43.9. The Balaban J connectivity index is 0.00000336. The van der Waals surface area contributed by atoms with Crippen LogP contribution in [0.3, 0.4) is 0 Å². The number of hydrogen-bond acceptors (Lipinski definition) is 7. The standard InChI is InChI=1S/C25H24F3N5O3S.CH4/c1-32-19-8-5-15(20(34)9-10-22(35)33-11-3-2-4-12-33)13-18(19)29-23(32)31-24-30-17-7-6-16(14-21(17)37-24)36-25(26,27)28;/h5-8,13-14H,2-4,9-12H2,1H3,(H,29,30,31);1H4. The van der Waals surface area contributed by atoms with Gasteiger partial charge in [-0.1, -0.05) is 18.8 Å². The number of thiazole rings is 1. The topological polar surface area (TPSA) is 89.3 Å². The molecule has 0 atom stereocenters. The van der Waals surface area contributed by atoms with Crippen LogP contribution in [-0.2, 0) is 11.8 Å². The molecule has 0 aliphatic carbocycles. The number of piperidine rings is 1. The Morgan fingerprint density at radius 2 is 1.79 bits per heavy atom. The fourth-order valence-electron chi connectivity index (χ4n) is 4.40. The minimum Gasteiger partial charge on any atom is -0.406 e. The number of nitrogens with one attached hydrogen (secondary N) is 1. The van der Waals surface area contributed by atoms with E-state index in [2.05, 4.69) is 20.0 Å². The molecule has 1 amide bonds. The van der Waals surface area contributed by atoms with Gasteiger partial charge in [-0.05, 0) is 49.6 Å². The van der Waals surface area contributed by atoms with Crippen LogP contribution >= 0.6 is 11.3 Å². The third-order valence-corrected chi connectivity index (χ3v) is 7.22. The number of Topliss-reactive ketones (excluding diaryl/α,β-unsaturated/α-hetero) is 1. The zero-order valence-electron chi connectivity index (χ0n) is 20.0. The van der Waals surface area contributed by atoms with Gasteiger partial charge in [0.2, 0.25) is 11.9 Å². The number of alkyl halides is 3. The van der Waals surface area contributed by atoms with Gasteiger partial charge in [0.25, 0.3) is 0 Å². The molecule has 3 heterocycles. The molecule has 1 fully saturated rings. The first-order valence-electron chi connectivity index (χ1n) is 11.9. The number of fused-ring (bicyclic) bond motifs is 2. The Morgan fingerprint density at radius 3 is 2.53 bits per heavy atom. The van der Waals surface area contributed by atoms with Crippen molar-refractivity contribution in [3.05, 3.63) is 42.0 Å². The maximum atomic E-state index is 12.8. The number of ketones is 1. The molecule has 2 aromatic carbocycles. The number of carbonyl (C=O) groups excluding carboxylic acids is 2. The maximum absolute atomic E-state index is 12.8. The van der Waals surface area contributed by atoms with Crippen LogP contribution in [0.4, 0.5) is 24.3 Å². The van der Waals surface area contributed by atoms with Gasteiger partial charge in [0.1, 0.15) is 5.75 Å². The van der Waals surface area contributed by atoms with Crippen LogP contribution in [0.5, 0.6) is 5.75 Å². The van der Waals surface area contributed by atoms with E-state index in [4.69, 9.17) is 0 Å². The molecule has 0 bridgehead atoms. The maximum Gasteiger partial charge on any atom is 0.573 e. The van der Waals surface area contributed by atoms with E-state index in [0.717, 1.165) is 37.9 Å². The van der Waals surface area contributed by atoms with Crippen molar-refractivity contribution in [3.8, 4) is 5.75 Å². The lowest BCUT2D eigenvalue weighted by Crippen LogP contribution is -2.35. The number of carbonyl (C=O) groups is 2. The molecular formula is C26H28F3N5O3S. The second kappa shape index (κ2) is 11.0. The lowest BCUT2D eigenvalue weighted by Gasteiger charge is -2.26. The summed E-state index contributed by atoms with van der Waals surface area (Å²) in [4.78, 5) is 36.0. The Bertz CT molecular complexity index is 1470. The molecule has 8 nitrogen and oxygen atoms in total. The van der Waals surface area contributed by atoms with Gasteiger partial charge in [-0.15, -0.1) is 13.2 Å². The number of aromatic nitrogens is 3. The molecule has 4 aromatic rings. The summed E-state index contributed by atoms with van der Waals surface area (Å²) in [5.74, 6) is 0.0558. The molecule has 12 heteroatoms. The average molecular weight is 548 g/mol. The minimum absolute atomic E-state index is 0. The van der Waals surface area contributed by atoms with Crippen molar-refractivity contribution >= 4 is 55.4 Å². The number of hydrogen-bond donors (Lipinski definition) is 1. The number of aryl methyl sites for hydroxylation is 1. The fraction of sp³-hybridized carbons (Fsp3) is 0.385. The SMILES string of the molecule is C.Cn1c(Nc2nc3ccc(OC(F)(F)F)cc3s2)nc2cc(C(=O)CCC(=O)N3CCCCC3)ccc21. The van der Waals surface area contributed by atoms with Gasteiger partial charge in [-0.2, -0.15) is 0 Å². The van der Waals surface area contributed by atoms with Gasteiger partial charge in [0.15, 0.2) is 10.9 Å². The van der Waals surface area contributed by atoms with Crippen LogP contribution in [0.15, 0.2) is 36.4 Å². The minimum atomic E-state index is -4.77. The van der Waals surface area contributed by atoms with Crippen LogP contribution in [0.1, 0.15) is 49.9 Å². The molecule has 202 valence electrons. The first-order valence-corrected chi connectivity index (χ1v) is 12.7. The molecule has 0 unspecified atom stereocenters. The molecule has 0 saturated carbocycles. The summed E-state index contributed by atoms with van der Waals surface area (Å²) in [5.41, 5.74) is 2.39. The Hall–Kier alpha value is -3.67. The highest BCUT2D eigenvalue weighted by Crippen LogP contribution is 2.33. The van der Waals surface area contributed by atoms with Gasteiger partial charge >= 0.3 is 6.36 Å². The van der Waals surface area contributed by atoms with E-state index in [-0.39, 0.29) is 37.7 Å². The molecule has 5 rings (SSSR count). The molecule has 38 heavy (non-hydrogen) atoms. The molecular weight excluding hydrogens is 519 g/mol. The number of halogens is 3. The average Bonchev–Trinajstić information content (AvgIpc) is 3.41. The van der Waals surface area contributed by atoms with E-state index >= 15 is 0 Å². The summed E-state index contributed by atoms with van der Waals surface area (Å²) in [7, 11) is 1.80. The van der Waals surface area contributed by atoms with Crippen LogP contribution in [0.25, 0.3) is 21.3 Å². The van der Waals surface area contributed by atoms with Crippen LogP contribution < -0.4 is 10.1 Å². The van der Waals surface area contributed by atoms with Crippen molar-refractivity contribution in [1.82, 2.24) is 19.4 Å². The van der Waals surface area contributed by atoms with Gasteiger partial charge in [-0.25, -0.2) is 9.97 Å². The molecule has 1 aliphatic rings. The summed E-state index contributed by atoms with van der Waals surface area (Å²) in [5, 5.41) is 3.55. The van der Waals surface area contributed by atoms with E-state index in [0.29, 0.717) is 32.4 Å². The lowest BCUT2D eigenvalue weighted by molar-refractivity contribution is -0.274. The lowest BCUT2D eigenvalue weighted by atomic mass is 10.0. The Labute approximate surface area is 221 Å². The quantitative estimate of drug-likeness (QED) is 0.268. The molecule has 0 spiro atoms. The van der Waals surface area contributed by atoms with Crippen molar-refractivity contribution in [2.75, 3.05) is 18.4 Å². The number of ether oxygens (including phenoxy) is 1. The fourth-order valence-corrected chi connectivity index (χ4v) is 5.29. The van der Waals surface area contributed by atoms with Crippen LogP contribution in [0.2, 0.25) is 0 Å². The summed E-state index contributed by atoms with van der Waals surface area (Å²) in [6, 6.07) is 9.18. The van der Waals surface area contributed by atoms with Crippen molar-refractivity contribution in [2.45, 2.75) is 45.9 Å². The van der Waals surface area contributed by atoms with Gasteiger partial charge < -0.3 is 19.5 Å². The van der Waals surface area contributed by atoms with Gasteiger partial charge in [0.05, 0.1) is 21.3 Å². The molecule has 1 saturated heterocycles. The first-order chi connectivity index (χ1) is 17.7.